The Bertz CT molecular complexity index is 460. The van der Waals surface area contributed by atoms with E-state index in [1.165, 1.54) is 11.2 Å². The van der Waals surface area contributed by atoms with E-state index in [1.807, 2.05) is 0 Å². The second-order valence-electron chi connectivity index (χ2n) is 4.59. The molecule has 2 rings (SSSR count). The molecule has 0 radical (unpaired) electrons. The lowest BCUT2D eigenvalue weighted by atomic mass is 9.93. The fourth-order valence-corrected chi connectivity index (χ4v) is 2.51. The van der Waals surface area contributed by atoms with Crippen LogP contribution in [0, 0.1) is 0 Å². The Morgan fingerprint density at radius 3 is 3.00 bits per heavy atom. The summed E-state index contributed by atoms with van der Waals surface area (Å²) in [5, 5.41) is 15.7. The van der Waals surface area contributed by atoms with Gasteiger partial charge in [0.2, 0.25) is 0 Å². The molecule has 7 nitrogen and oxygen atoms in total. The average molecular weight is 267 g/mol. The van der Waals surface area contributed by atoms with E-state index in [2.05, 4.69) is 15.0 Å². The van der Waals surface area contributed by atoms with Crippen molar-refractivity contribution in [3.05, 3.63) is 18.0 Å². The highest BCUT2D eigenvalue weighted by atomic mass is 16.5. The molecule has 104 valence electrons. The summed E-state index contributed by atoms with van der Waals surface area (Å²) in [4.78, 5) is 25.0. The topological polar surface area (TPSA) is 95.7 Å². The Morgan fingerprint density at radius 1 is 1.63 bits per heavy atom. The number of aliphatic carboxylic acids is 1. The van der Waals surface area contributed by atoms with E-state index < -0.39 is 11.5 Å². The number of likely N-dealkylation sites (tertiary alicyclic amines) is 1. The van der Waals surface area contributed by atoms with Crippen LogP contribution in [0.15, 0.2) is 16.9 Å². The van der Waals surface area contributed by atoms with E-state index in [0.29, 0.717) is 31.5 Å². The summed E-state index contributed by atoms with van der Waals surface area (Å²) in [5.74, 6) is -0.941. The molecule has 1 aromatic heterocycles. The molecular weight excluding hydrogens is 250 g/mol. The molecule has 19 heavy (non-hydrogen) atoms. The van der Waals surface area contributed by atoms with Gasteiger partial charge in [-0.2, -0.15) is 0 Å². The minimum Gasteiger partial charge on any atom is -0.479 e. The number of hydrogen-bond donors (Lipinski definition) is 2. The first-order valence-corrected chi connectivity index (χ1v) is 6.28. The van der Waals surface area contributed by atoms with Crippen molar-refractivity contribution in [2.45, 2.75) is 38.3 Å². The number of carbonyl (C=O) groups is 2. The van der Waals surface area contributed by atoms with Gasteiger partial charge in [0.05, 0.1) is 6.54 Å². The zero-order valence-corrected chi connectivity index (χ0v) is 10.8. The van der Waals surface area contributed by atoms with Crippen LogP contribution in [0.5, 0.6) is 0 Å². The number of carbonyl (C=O) groups excluding carboxylic acids is 1. The SMILES string of the molecule is CCC1(C(=O)O)CCCN1C(=O)NCc1ccon1. The van der Waals surface area contributed by atoms with Gasteiger partial charge in [-0.25, -0.2) is 9.59 Å². The number of nitrogens with zero attached hydrogens (tertiary/aromatic N) is 2. The summed E-state index contributed by atoms with van der Waals surface area (Å²) in [6, 6.07) is 1.28. The predicted molar refractivity (Wildman–Crippen MR) is 65.3 cm³/mol. The number of carboxylic acid groups (broad SMARTS) is 1. The van der Waals surface area contributed by atoms with Crippen molar-refractivity contribution in [1.29, 1.82) is 0 Å². The predicted octanol–water partition coefficient (Wildman–Crippen LogP) is 1.21. The van der Waals surface area contributed by atoms with E-state index >= 15 is 0 Å². The van der Waals surface area contributed by atoms with Crippen molar-refractivity contribution >= 4 is 12.0 Å². The van der Waals surface area contributed by atoms with Crippen molar-refractivity contribution in [2.75, 3.05) is 6.54 Å². The molecule has 7 heteroatoms. The number of hydrogen-bond acceptors (Lipinski definition) is 4. The number of carboxylic acids is 1. The molecule has 0 saturated carbocycles. The molecule has 1 aliphatic rings. The molecule has 2 heterocycles. The normalized spacial score (nSPS) is 22.5. The summed E-state index contributed by atoms with van der Waals surface area (Å²) in [7, 11) is 0. The van der Waals surface area contributed by atoms with Crippen molar-refractivity contribution < 1.29 is 19.2 Å². The van der Waals surface area contributed by atoms with Gasteiger partial charge in [0.25, 0.3) is 0 Å². The van der Waals surface area contributed by atoms with E-state index in [4.69, 9.17) is 0 Å². The lowest BCUT2D eigenvalue weighted by molar-refractivity contribution is -0.148. The van der Waals surface area contributed by atoms with Crippen LogP contribution in [0.3, 0.4) is 0 Å². The maximum atomic E-state index is 12.1. The Labute approximate surface area is 110 Å². The van der Waals surface area contributed by atoms with Crippen molar-refractivity contribution in [3.63, 3.8) is 0 Å². The Hall–Kier alpha value is -2.05. The van der Waals surface area contributed by atoms with Gasteiger partial charge in [0.1, 0.15) is 17.5 Å². The van der Waals surface area contributed by atoms with Gasteiger partial charge in [0.15, 0.2) is 0 Å². The largest absolute Gasteiger partial charge is 0.479 e. The van der Waals surface area contributed by atoms with Crippen molar-refractivity contribution in [1.82, 2.24) is 15.4 Å². The van der Waals surface area contributed by atoms with Crippen LogP contribution in [-0.2, 0) is 11.3 Å². The van der Waals surface area contributed by atoms with E-state index in [0.717, 1.165) is 0 Å². The van der Waals surface area contributed by atoms with E-state index in [9.17, 15) is 14.7 Å². The van der Waals surface area contributed by atoms with Gasteiger partial charge in [-0.3, -0.25) is 0 Å². The maximum absolute atomic E-state index is 12.1. The van der Waals surface area contributed by atoms with Crippen LogP contribution in [0.4, 0.5) is 4.79 Å². The first-order chi connectivity index (χ1) is 9.10. The zero-order valence-electron chi connectivity index (χ0n) is 10.8. The fourth-order valence-electron chi connectivity index (χ4n) is 2.51. The highest BCUT2D eigenvalue weighted by molar-refractivity contribution is 5.87. The van der Waals surface area contributed by atoms with Crippen molar-refractivity contribution in [3.8, 4) is 0 Å². The van der Waals surface area contributed by atoms with Gasteiger partial charge in [0, 0.05) is 12.6 Å². The van der Waals surface area contributed by atoms with Gasteiger partial charge >= 0.3 is 12.0 Å². The highest BCUT2D eigenvalue weighted by Gasteiger charge is 2.48. The lowest BCUT2D eigenvalue weighted by Gasteiger charge is -2.33. The average Bonchev–Trinajstić information content (AvgIpc) is 3.05. The second kappa shape index (κ2) is 5.29. The Balaban J connectivity index is 2.03. The minimum atomic E-state index is -1.08. The Kier molecular flexibility index (Phi) is 3.73. The summed E-state index contributed by atoms with van der Waals surface area (Å²) in [5.41, 5.74) is -0.474. The van der Waals surface area contributed by atoms with Crippen LogP contribution in [0.2, 0.25) is 0 Å². The molecule has 1 aromatic rings. The third kappa shape index (κ3) is 2.40. The quantitative estimate of drug-likeness (QED) is 0.855. The van der Waals surface area contributed by atoms with Crippen LogP contribution in [-0.4, -0.2) is 39.2 Å². The lowest BCUT2D eigenvalue weighted by Crippen LogP contribution is -2.55. The molecule has 1 aliphatic heterocycles. The minimum absolute atomic E-state index is 0.227. The molecular formula is C12H17N3O4. The monoisotopic (exact) mass is 267 g/mol. The first kappa shape index (κ1) is 13.4. The number of nitrogens with one attached hydrogen (secondary N) is 1. The Morgan fingerprint density at radius 2 is 2.42 bits per heavy atom. The molecule has 0 aromatic carbocycles. The maximum Gasteiger partial charge on any atom is 0.329 e. The zero-order chi connectivity index (χ0) is 13.9. The molecule has 1 atom stereocenters. The van der Waals surface area contributed by atoms with Gasteiger partial charge in [-0.15, -0.1) is 0 Å². The number of aromatic nitrogens is 1. The molecule has 1 unspecified atom stereocenters. The van der Waals surface area contributed by atoms with Crippen LogP contribution >= 0.6 is 0 Å². The molecule has 0 aliphatic carbocycles. The highest BCUT2D eigenvalue weighted by Crippen LogP contribution is 2.32. The molecule has 0 bridgehead atoms. The number of urea groups is 1. The summed E-state index contributed by atoms with van der Waals surface area (Å²) in [6.45, 7) is 2.48. The summed E-state index contributed by atoms with van der Waals surface area (Å²) >= 11 is 0. The molecule has 1 fully saturated rings. The molecule has 2 amide bonds. The van der Waals surface area contributed by atoms with E-state index in [-0.39, 0.29) is 12.6 Å². The second-order valence-corrected chi connectivity index (χ2v) is 4.59. The number of rotatable bonds is 4. The standard InChI is InChI=1S/C12H17N3O4/c1-2-12(10(16)17)5-3-6-15(12)11(18)13-8-9-4-7-19-14-9/h4,7H,2-3,5-6,8H2,1H3,(H,13,18)(H,16,17). The fraction of sp³-hybridized carbons (Fsp3) is 0.583. The van der Waals surface area contributed by atoms with Crippen LogP contribution in [0.1, 0.15) is 31.9 Å². The van der Waals surface area contributed by atoms with Crippen molar-refractivity contribution in [2.24, 2.45) is 0 Å². The van der Waals surface area contributed by atoms with Crippen LogP contribution in [0.25, 0.3) is 0 Å². The summed E-state index contributed by atoms with van der Waals surface area (Å²) < 4.78 is 4.66. The number of amides is 2. The third-order valence-electron chi connectivity index (χ3n) is 3.63. The first-order valence-electron chi connectivity index (χ1n) is 6.28. The molecule has 2 N–H and O–H groups in total. The third-order valence-corrected chi connectivity index (χ3v) is 3.63. The van der Waals surface area contributed by atoms with E-state index in [1.54, 1.807) is 13.0 Å². The molecule has 1 saturated heterocycles. The van der Waals surface area contributed by atoms with Gasteiger partial charge in [-0.1, -0.05) is 12.1 Å². The van der Waals surface area contributed by atoms with Crippen LogP contribution < -0.4 is 5.32 Å². The molecule has 0 spiro atoms. The van der Waals surface area contributed by atoms with Gasteiger partial charge < -0.3 is 19.8 Å². The summed E-state index contributed by atoms with van der Waals surface area (Å²) in [6.07, 6.45) is 3.03. The van der Waals surface area contributed by atoms with Gasteiger partial charge in [-0.05, 0) is 19.3 Å². The smallest absolute Gasteiger partial charge is 0.329 e.